The summed E-state index contributed by atoms with van der Waals surface area (Å²) in [5.74, 6) is 1.77. The van der Waals surface area contributed by atoms with Gasteiger partial charge in [0.05, 0.1) is 32.1 Å². The number of ether oxygens (including phenoxy) is 3. The first-order valence-electron chi connectivity index (χ1n) is 10.8. The number of methoxy groups -OCH3 is 1. The van der Waals surface area contributed by atoms with E-state index >= 15 is 0 Å². The Hall–Kier alpha value is -3.10. The topological polar surface area (TPSA) is 107 Å². The summed E-state index contributed by atoms with van der Waals surface area (Å²) in [5, 5.41) is 14.9. The fraction of sp³-hybridized carbons (Fsp3) is 0.417. The number of rotatable bonds is 10. The van der Waals surface area contributed by atoms with Gasteiger partial charge in [-0.3, -0.25) is 4.79 Å². The van der Waals surface area contributed by atoms with E-state index in [9.17, 15) is 4.79 Å². The molecule has 2 aromatic carbocycles. The summed E-state index contributed by atoms with van der Waals surface area (Å²) in [4.78, 5) is 13.0. The van der Waals surface area contributed by atoms with Crippen LogP contribution in [-0.4, -0.2) is 61.3 Å². The molecule has 172 valence electrons. The van der Waals surface area contributed by atoms with Crippen LogP contribution in [0.3, 0.4) is 0 Å². The normalized spacial score (nSPS) is 14.5. The van der Waals surface area contributed by atoms with E-state index in [1.54, 1.807) is 19.2 Å². The molecule has 0 unspecified atom stereocenters. The zero-order valence-corrected chi connectivity index (χ0v) is 18.6. The number of nitrogens with zero attached hydrogens (tertiary/aromatic N) is 2. The van der Waals surface area contributed by atoms with Gasteiger partial charge in [-0.25, -0.2) is 5.01 Å². The highest BCUT2D eigenvalue weighted by Crippen LogP contribution is 2.29. The molecule has 0 radical (unpaired) electrons. The van der Waals surface area contributed by atoms with Crippen molar-refractivity contribution in [3.05, 3.63) is 53.6 Å². The average Bonchev–Trinajstić information content (AvgIpc) is 2.83. The van der Waals surface area contributed by atoms with Gasteiger partial charge in [-0.2, -0.15) is 5.10 Å². The number of carbonyl (C=O) groups excluding carboxylic acids is 1. The monoisotopic (exact) mass is 441 g/mol. The van der Waals surface area contributed by atoms with E-state index in [2.05, 4.69) is 5.10 Å². The zero-order valence-electron chi connectivity index (χ0n) is 18.6. The van der Waals surface area contributed by atoms with Crippen LogP contribution >= 0.6 is 0 Å². The van der Waals surface area contributed by atoms with Gasteiger partial charge in [-0.05, 0) is 62.1 Å². The Morgan fingerprint density at radius 3 is 2.66 bits per heavy atom. The number of benzene rings is 2. The molecule has 1 amide bonds. The molecule has 32 heavy (non-hydrogen) atoms. The molecule has 3 N–H and O–H groups in total. The van der Waals surface area contributed by atoms with E-state index < -0.39 is 6.04 Å². The third kappa shape index (κ3) is 5.99. The highest BCUT2D eigenvalue weighted by molar-refractivity contribution is 6.02. The van der Waals surface area contributed by atoms with Crippen molar-refractivity contribution in [2.24, 2.45) is 10.8 Å². The smallest absolute Gasteiger partial charge is 0.259 e. The summed E-state index contributed by atoms with van der Waals surface area (Å²) in [6.07, 6.45) is 1.98. The number of carbonyl (C=O) groups is 1. The molecule has 0 saturated heterocycles. The van der Waals surface area contributed by atoms with Crippen molar-refractivity contribution in [2.75, 3.05) is 33.5 Å². The van der Waals surface area contributed by atoms with Gasteiger partial charge in [-0.15, -0.1) is 0 Å². The molecule has 2 aromatic rings. The number of nitrogens with two attached hydrogens (primary N) is 1. The summed E-state index contributed by atoms with van der Waals surface area (Å²) in [7, 11) is 1.60. The minimum Gasteiger partial charge on any atom is -0.493 e. The van der Waals surface area contributed by atoms with E-state index in [1.807, 2.05) is 37.3 Å². The second kappa shape index (κ2) is 11.5. The van der Waals surface area contributed by atoms with Crippen molar-refractivity contribution in [3.8, 4) is 17.2 Å². The Morgan fingerprint density at radius 1 is 1.19 bits per heavy atom. The van der Waals surface area contributed by atoms with Gasteiger partial charge in [-0.1, -0.05) is 12.1 Å². The van der Waals surface area contributed by atoms with Gasteiger partial charge >= 0.3 is 0 Å². The Kier molecular flexibility index (Phi) is 8.47. The fourth-order valence-electron chi connectivity index (χ4n) is 3.55. The van der Waals surface area contributed by atoms with Gasteiger partial charge in [0.25, 0.3) is 5.91 Å². The summed E-state index contributed by atoms with van der Waals surface area (Å²) in [6, 6.07) is 12.3. The van der Waals surface area contributed by atoms with Crippen LogP contribution in [0.5, 0.6) is 17.2 Å². The van der Waals surface area contributed by atoms with E-state index in [4.69, 9.17) is 25.1 Å². The van der Waals surface area contributed by atoms with Crippen molar-refractivity contribution in [2.45, 2.75) is 32.2 Å². The first-order valence-corrected chi connectivity index (χ1v) is 10.8. The quantitative estimate of drug-likeness (QED) is 0.586. The Balaban J connectivity index is 1.68. The van der Waals surface area contributed by atoms with E-state index in [1.165, 1.54) is 5.01 Å². The summed E-state index contributed by atoms with van der Waals surface area (Å²) < 4.78 is 16.4. The molecule has 0 aliphatic carbocycles. The molecule has 1 aliphatic heterocycles. The maximum absolute atomic E-state index is 13.0. The molecule has 8 nitrogen and oxygen atoms in total. The predicted molar refractivity (Wildman–Crippen MR) is 122 cm³/mol. The maximum atomic E-state index is 13.0. The molecular formula is C24H31N3O5. The first-order chi connectivity index (χ1) is 15.5. The molecular weight excluding hydrogens is 410 g/mol. The summed E-state index contributed by atoms with van der Waals surface area (Å²) in [5.41, 5.74) is 8.88. The third-order valence-corrected chi connectivity index (χ3v) is 5.13. The van der Waals surface area contributed by atoms with Crippen LogP contribution < -0.4 is 19.9 Å². The first kappa shape index (κ1) is 23.6. The summed E-state index contributed by atoms with van der Waals surface area (Å²) >= 11 is 0. The third-order valence-electron chi connectivity index (χ3n) is 5.13. The second-order valence-corrected chi connectivity index (χ2v) is 7.44. The number of hydrogen-bond donors (Lipinski definition) is 2. The molecule has 3 rings (SSSR count). The predicted octanol–water partition coefficient (Wildman–Crippen LogP) is 2.36. The van der Waals surface area contributed by atoms with Crippen molar-refractivity contribution in [1.82, 2.24) is 5.01 Å². The molecule has 0 saturated carbocycles. The van der Waals surface area contributed by atoms with Gasteiger partial charge < -0.3 is 25.1 Å². The maximum Gasteiger partial charge on any atom is 0.259 e. The molecule has 1 heterocycles. The lowest BCUT2D eigenvalue weighted by Gasteiger charge is -2.26. The highest BCUT2D eigenvalue weighted by Gasteiger charge is 2.25. The molecule has 1 atom stereocenters. The van der Waals surface area contributed by atoms with E-state index in [0.29, 0.717) is 36.8 Å². The molecule has 0 bridgehead atoms. The lowest BCUT2D eigenvalue weighted by Crippen LogP contribution is -2.44. The standard InChI is InChI=1S/C24H31N3O5/c1-3-31-23-16-18(8-11-22(23)30-2)21-5-4-12-27(26-21)24(29)20(25)15-17-6-9-19(10-7-17)32-14-13-28/h6-11,16,20,28H,3-5,12-15,25H2,1-2H3/t20-/m0/s1. The lowest BCUT2D eigenvalue weighted by atomic mass is 10.0. The number of amides is 1. The van der Waals surface area contributed by atoms with Crippen molar-refractivity contribution in [1.29, 1.82) is 0 Å². The lowest BCUT2D eigenvalue weighted by molar-refractivity contribution is -0.132. The fourth-order valence-corrected chi connectivity index (χ4v) is 3.55. The van der Waals surface area contributed by atoms with Crippen LogP contribution in [0.15, 0.2) is 47.6 Å². The van der Waals surface area contributed by atoms with Crippen LogP contribution in [0.2, 0.25) is 0 Å². The van der Waals surface area contributed by atoms with E-state index in [-0.39, 0.29) is 19.1 Å². The van der Waals surface area contributed by atoms with Crippen LogP contribution in [0.1, 0.15) is 30.9 Å². The number of aliphatic hydroxyl groups is 1. The molecule has 1 aliphatic rings. The van der Waals surface area contributed by atoms with Crippen molar-refractivity contribution < 1.29 is 24.1 Å². The van der Waals surface area contributed by atoms with Crippen LogP contribution in [-0.2, 0) is 11.2 Å². The molecule has 0 spiro atoms. The SMILES string of the molecule is CCOc1cc(C2=NN(C(=O)[C@@H](N)Cc3ccc(OCCO)cc3)CCC2)ccc1OC. The van der Waals surface area contributed by atoms with Crippen LogP contribution in [0, 0.1) is 0 Å². The Morgan fingerprint density at radius 2 is 1.97 bits per heavy atom. The molecule has 0 aromatic heterocycles. The number of aliphatic hydroxyl groups excluding tert-OH is 1. The van der Waals surface area contributed by atoms with Crippen LogP contribution in [0.4, 0.5) is 0 Å². The van der Waals surface area contributed by atoms with Gasteiger partial charge in [0.1, 0.15) is 12.4 Å². The van der Waals surface area contributed by atoms with Gasteiger partial charge in [0, 0.05) is 12.1 Å². The number of hydrazone groups is 1. The average molecular weight is 442 g/mol. The van der Waals surface area contributed by atoms with E-state index in [0.717, 1.165) is 29.7 Å². The Labute approximate surface area is 188 Å². The molecule has 8 heteroatoms. The second-order valence-electron chi connectivity index (χ2n) is 7.44. The minimum atomic E-state index is -0.697. The van der Waals surface area contributed by atoms with Crippen molar-refractivity contribution in [3.63, 3.8) is 0 Å². The van der Waals surface area contributed by atoms with Crippen molar-refractivity contribution >= 4 is 11.6 Å². The number of hydrogen-bond acceptors (Lipinski definition) is 7. The van der Waals surface area contributed by atoms with Gasteiger partial charge in [0.2, 0.25) is 0 Å². The Bertz CT molecular complexity index is 930. The molecule has 0 fully saturated rings. The largest absolute Gasteiger partial charge is 0.493 e. The summed E-state index contributed by atoms with van der Waals surface area (Å²) in [6.45, 7) is 3.19. The highest BCUT2D eigenvalue weighted by atomic mass is 16.5. The minimum absolute atomic E-state index is 0.0388. The zero-order chi connectivity index (χ0) is 22.9. The van der Waals surface area contributed by atoms with Crippen LogP contribution in [0.25, 0.3) is 0 Å². The van der Waals surface area contributed by atoms with Gasteiger partial charge in [0.15, 0.2) is 11.5 Å².